The van der Waals surface area contributed by atoms with Gasteiger partial charge in [0.05, 0.1) is 10.3 Å². The molecule has 26 heavy (non-hydrogen) atoms. The van der Waals surface area contributed by atoms with Crippen LogP contribution in [0.4, 0.5) is 5.69 Å². The Morgan fingerprint density at radius 1 is 1.12 bits per heavy atom. The van der Waals surface area contributed by atoms with Gasteiger partial charge in [-0.1, -0.05) is 0 Å². The maximum absolute atomic E-state index is 13.1. The molecule has 142 valence electrons. The first-order valence-corrected chi connectivity index (χ1v) is 11.0. The van der Waals surface area contributed by atoms with Crippen LogP contribution in [0.3, 0.4) is 0 Å². The fourth-order valence-corrected chi connectivity index (χ4v) is 7.20. The summed E-state index contributed by atoms with van der Waals surface area (Å²) in [5.41, 5.74) is 0.271. The summed E-state index contributed by atoms with van der Waals surface area (Å²) in [6.07, 6.45) is 5.90. The number of carbonyl (C=O) groups excluding carboxylic acids is 1. The lowest BCUT2D eigenvalue weighted by molar-refractivity contribution is -0.138. The second-order valence-electron chi connectivity index (χ2n) is 8.66. The summed E-state index contributed by atoms with van der Waals surface area (Å²) in [6.45, 7) is 0. The van der Waals surface area contributed by atoms with Crippen molar-refractivity contribution in [2.75, 3.05) is 19.4 Å². The van der Waals surface area contributed by atoms with Crippen LogP contribution in [0.25, 0.3) is 0 Å². The zero-order chi connectivity index (χ0) is 18.7. The van der Waals surface area contributed by atoms with Crippen molar-refractivity contribution in [3.05, 3.63) is 24.3 Å². The van der Waals surface area contributed by atoms with E-state index in [9.17, 15) is 13.2 Å². The van der Waals surface area contributed by atoms with Gasteiger partial charge in [0.2, 0.25) is 15.9 Å². The van der Waals surface area contributed by atoms with E-state index in [1.807, 2.05) is 0 Å². The van der Waals surface area contributed by atoms with Crippen LogP contribution in [-0.4, -0.2) is 37.6 Å². The van der Waals surface area contributed by atoms with Crippen molar-refractivity contribution in [1.29, 1.82) is 0 Å². The average molecular weight is 397 g/mol. The van der Waals surface area contributed by atoms with E-state index in [1.54, 1.807) is 12.1 Å². The van der Waals surface area contributed by atoms with Crippen molar-refractivity contribution in [3.63, 3.8) is 0 Å². The van der Waals surface area contributed by atoms with Crippen molar-refractivity contribution >= 4 is 33.2 Å². The Morgan fingerprint density at radius 2 is 1.69 bits per heavy atom. The number of rotatable bonds is 4. The van der Waals surface area contributed by atoms with Crippen LogP contribution in [0.15, 0.2) is 29.2 Å². The summed E-state index contributed by atoms with van der Waals surface area (Å²) in [6, 6.07) is 6.39. The van der Waals surface area contributed by atoms with Gasteiger partial charge in [0, 0.05) is 24.7 Å². The van der Waals surface area contributed by atoms with E-state index in [-0.39, 0.29) is 21.1 Å². The number of alkyl halides is 1. The van der Waals surface area contributed by atoms with Crippen LogP contribution in [0, 0.1) is 17.3 Å². The number of hydrogen-bond donors (Lipinski definition) is 1. The first-order valence-electron chi connectivity index (χ1n) is 9.15. The summed E-state index contributed by atoms with van der Waals surface area (Å²) in [5.74, 6) is 1.17. The lowest BCUT2D eigenvalue weighted by Crippen LogP contribution is -2.57. The monoisotopic (exact) mass is 396 g/mol. The number of halogens is 1. The van der Waals surface area contributed by atoms with Gasteiger partial charge < -0.3 is 5.32 Å². The molecule has 0 heterocycles. The van der Waals surface area contributed by atoms with Gasteiger partial charge in [-0.3, -0.25) is 4.79 Å². The fraction of sp³-hybridized carbons (Fsp3) is 0.632. The zero-order valence-electron chi connectivity index (χ0n) is 15.2. The third kappa shape index (κ3) is 2.96. The largest absolute Gasteiger partial charge is 0.326 e. The van der Waals surface area contributed by atoms with E-state index >= 15 is 0 Å². The van der Waals surface area contributed by atoms with E-state index in [0.29, 0.717) is 17.5 Å². The maximum atomic E-state index is 13.1. The number of sulfonamides is 1. The second kappa shape index (κ2) is 5.94. The summed E-state index contributed by atoms with van der Waals surface area (Å²) in [7, 11) is -0.464. The molecule has 5 rings (SSSR count). The Balaban J connectivity index is 1.52. The molecule has 4 saturated carbocycles. The summed E-state index contributed by atoms with van der Waals surface area (Å²) in [4.78, 5) is 13.1. The van der Waals surface area contributed by atoms with Crippen LogP contribution in [0.5, 0.6) is 0 Å². The summed E-state index contributed by atoms with van der Waals surface area (Å²) >= 11 is 6.82. The fourth-order valence-electron chi connectivity index (χ4n) is 5.60. The highest BCUT2D eigenvalue weighted by Gasteiger charge is 2.60. The molecule has 1 amide bonds. The normalized spacial score (nSPS) is 35.7. The predicted molar refractivity (Wildman–Crippen MR) is 102 cm³/mol. The van der Waals surface area contributed by atoms with Gasteiger partial charge in [0.1, 0.15) is 0 Å². The molecule has 0 spiro atoms. The molecule has 0 radical (unpaired) electrons. The van der Waals surface area contributed by atoms with Crippen molar-refractivity contribution in [3.8, 4) is 0 Å². The van der Waals surface area contributed by atoms with Crippen molar-refractivity contribution in [1.82, 2.24) is 4.31 Å². The number of nitrogens with zero attached hydrogens (tertiary/aromatic N) is 1. The average Bonchev–Trinajstić information content (AvgIpc) is 2.52. The van der Waals surface area contributed by atoms with Gasteiger partial charge in [-0.25, -0.2) is 12.7 Å². The third-order valence-electron chi connectivity index (χ3n) is 6.36. The maximum Gasteiger partial charge on any atom is 0.242 e. The Bertz CT molecular complexity index is 821. The minimum absolute atomic E-state index is 0.0415. The molecule has 2 unspecified atom stereocenters. The van der Waals surface area contributed by atoms with Crippen LogP contribution < -0.4 is 5.32 Å². The highest BCUT2D eigenvalue weighted by Crippen LogP contribution is 2.64. The van der Waals surface area contributed by atoms with E-state index < -0.39 is 10.0 Å². The first kappa shape index (κ1) is 18.3. The first-order chi connectivity index (χ1) is 12.1. The minimum atomic E-state index is -3.46. The predicted octanol–water partition coefficient (Wildman–Crippen LogP) is 3.45. The van der Waals surface area contributed by atoms with Crippen molar-refractivity contribution in [2.24, 2.45) is 17.3 Å². The lowest BCUT2D eigenvalue weighted by Gasteiger charge is -2.59. The molecule has 4 bridgehead atoms. The third-order valence-corrected chi connectivity index (χ3v) is 8.63. The van der Waals surface area contributed by atoms with Crippen molar-refractivity contribution in [2.45, 2.75) is 48.3 Å². The highest BCUT2D eigenvalue weighted by atomic mass is 35.5. The zero-order valence-corrected chi connectivity index (χ0v) is 16.7. The van der Waals surface area contributed by atoms with Gasteiger partial charge >= 0.3 is 0 Å². The molecule has 0 saturated heterocycles. The van der Waals surface area contributed by atoms with E-state index in [0.717, 1.165) is 32.1 Å². The molecule has 4 fully saturated rings. The van der Waals surface area contributed by atoms with E-state index in [1.165, 1.54) is 37.0 Å². The molecule has 4 atom stereocenters. The molecular weight excluding hydrogens is 372 g/mol. The molecule has 1 aromatic carbocycles. The van der Waals surface area contributed by atoms with Gasteiger partial charge in [-0.05, 0) is 74.6 Å². The van der Waals surface area contributed by atoms with Crippen LogP contribution in [0.1, 0.15) is 38.5 Å². The smallest absolute Gasteiger partial charge is 0.242 e. The molecular formula is C19H25ClN2O3S. The topological polar surface area (TPSA) is 66.5 Å². The van der Waals surface area contributed by atoms with Gasteiger partial charge in [0.25, 0.3) is 0 Å². The molecule has 7 heteroatoms. The van der Waals surface area contributed by atoms with Gasteiger partial charge in [-0.15, -0.1) is 11.6 Å². The highest BCUT2D eigenvalue weighted by molar-refractivity contribution is 7.89. The minimum Gasteiger partial charge on any atom is -0.326 e. The Kier molecular flexibility index (Phi) is 4.18. The molecule has 4 aliphatic carbocycles. The standard InChI is InChI=1S/C19H25ClN2O3S/c1-22(2)26(24,25)16-5-3-15(4-6-16)21-17(23)18-8-13-7-14(9-18)11-19(20,10-13)12-18/h3-6,13-14H,7-12H2,1-2H3,(H,21,23)/t13-,14+,18?,19?. The molecule has 5 nitrogen and oxygen atoms in total. The van der Waals surface area contributed by atoms with Crippen LogP contribution in [0.2, 0.25) is 0 Å². The number of anilines is 1. The molecule has 1 aromatic rings. The number of amides is 1. The van der Waals surface area contributed by atoms with Crippen LogP contribution in [-0.2, 0) is 14.8 Å². The molecule has 0 aliphatic heterocycles. The molecule has 0 aromatic heterocycles. The Morgan fingerprint density at radius 3 is 2.19 bits per heavy atom. The second-order valence-corrected chi connectivity index (χ2v) is 11.6. The number of nitrogens with one attached hydrogen (secondary N) is 1. The lowest BCUT2D eigenvalue weighted by atomic mass is 9.49. The summed E-state index contributed by atoms with van der Waals surface area (Å²) < 4.78 is 25.5. The van der Waals surface area contributed by atoms with Crippen LogP contribution >= 0.6 is 11.6 Å². The quantitative estimate of drug-likeness (QED) is 0.792. The Hall–Kier alpha value is -1.11. The van der Waals surface area contributed by atoms with Crippen molar-refractivity contribution < 1.29 is 13.2 Å². The SMILES string of the molecule is CN(C)S(=O)(=O)c1ccc(NC(=O)C23C[C@@H]4C[C@@H](CC(Cl)(C4)C2)C3)cc1. The number of benzene rings is 1. The number of hydrogen-bond acceptors (Lipinski definition) is 3. The van der Waals surface area contributed by atoms with E-state index in [2.05, 4.69) is 5.32 Å². The van der Waals surface area contributed by atoms with Gasteiger partial charge in [0.15, 0.2) is 0 Å². The van der Waals surface area contributed by atoms with E-state index in [4.69, 9.17) is 11.6 Å². The molecule has 4 aliphatic rings. The number of carbonyl (C=O) groups is 1. The van der Waals surface area contributed by atoms with Gasteiger partial charge in [-0.2, -0.15) is 0 Å². The summed E-state index contributed by atoms with van der Waals surface area (Å²) in [5, 5.41) is 3.02. The molecule has 1 N–H and O–H groups in total. The Labute approximate surface area is 160 Å².